The van der Waals surface area contributed by atoms with E-state index in [0.717, 1.165) is 22.3 Å². The molecule has 1 atom stereocenters. The fourth-order valence-corrected chi connectivity index (χ4v) is 6.84. The van der Waals surface area contributed by atoms with Crippen LogP contribution < -0.4 is 5.32 Å². The molecule has 4 nitrogen and oxygen atoms in total. The number of aromatic nitrogens is 1. The number of nitrogens with one attached hydrogen (secondary N) is 1. The summed E-state index contributed by atoms with van der Waals surface area (Å²) in [6.07, 6.45) is 6.65. The number of hydrogen-bond donors (Lipinski definition) is 1. The van der Waals surface area contributed by atoms with E-state index in [1.807, 2.05) is 12.3 Å². The van der Waals surface area contributed by atoms with Gasteiger partial charge in [-0.3, -0.25) is 0 Å². The number of rotatable bonds is 5. The van der Waals surface area contributed by atoms with Crippen molar-refractivity contribution in [3.05, 3.63) is 164 Å². The lowest BCUT2D eigenvalue weighted by Gasteiger charge is -2.20. The van der Waals surface area contributed by atoms with Crippen molar-refractivity contribution in [3.8, 4) is 44.8 Å². The van der Waals surface area contributed by atoms with Crippen molar-refractivity contribution >= 4 is 32.3 Å². The van der Waals surface area contributed by atoms with E-state index in [2.05, 4.69) is 138 Å². The molecule has 46 heavy (non-hydrogen) atoms. The molecule has 9 rings (SSSR count). The lowest BCUT2D eigenvalue weighted by molar-refractivity contribution is 0.155. The molecule has 0 saturated carbocycles. The van der Waals surface area contributed by atoms with Gasteiger partial charge in [-0.1, -0.05) is 103 Å². The van der Waals surface area contributed by atoms with E-state index in [9.17, 15) is 0 Å². The Morgan fingerprint density at radius 2 is 1.22 bits per heavy atom. The number of nitrogens with zero attached hydrogens (tertiary/aromatic N) is 1. The van der Waals surface area contributed by atoms with Crippen LogP contribution in [0.4, 0.5) is 0 Å². The molecule has 1 N–H and O–H groups in total. The van der Waals surface area contributed by atoms with Crippen LogP contribution in [-0.4, -0.2) is 4.98 Å². The van der Waals surface area contributed by atoms with Gasteiger partial charge in [-0.2, -0.15) is 0 Å². The number of hydrogen-bond acceptors (Lipinski definition) is 4. The van der Waals surface area contributed by atoms with Crippen LogP contribution in [0.15, 0.2) is 163 Å². The summed E-state index contributed by atoms with van der Waals surface area (Å²) in [5.74, 6) is 0.611. The van der Waals surface area contributed by atoms with Crippen molar-refractivity contribution in [1.29, 1.82) is 0 Å². The van der Waals surface area contributed by atoms with E-state index in [1.54, 1.807) is 18.7 Å². The highest BCUT2D eigenvalue weighted by Gasteiger charge is 2.20. The minimum absolute atomic E-state index is 0.206. The summed E-state index contributed by atoms with van der Waals surface area (Å²) >= 11 is 0. The Kier molecular flexibility index (Phi) is 6.17. The van der Waals surface area contributed by atoms with Crippen molar-refractivity contribution in [2.45, 2.75) is 6.23 Å². The van der Waals surface area contributed by atoms with Gasteiger partial charge in [0.05, 0.1) is 6.20 Å². The Morgan fingerprint density at radius 1 is 0.522 bits per heavy atom. The summed E-state index contributed by atoms with van der Waals surface area (Å²) in [6.45, 7) is 0. The van der Waals surface area contributed by atoms with E-state index in [1.165, 1.54) is 54.6 Å². The third-order valence-corrected chi connectivity index (χ3v) is 8.95. The van der Waals surface area contributed by atoms with Crippen LogP contribution in [0.1, 0.15) is 11.8 Å². The monoisotopic (exact) mass is 592 g/mol. The minimum Gasteiger partial charge on any atom is -0.473 e. The third-order valence-electron chi connectivity index (χ3n) is 8.95. The number of oxazole rings is 1. The normalized spacial score (nSPS) is 14.1. The second-order valence-electron chi connectivity index (χ2n) is 11.6. The van der Waals surface area contributed by atoms with Crippen molar-refractivity contribution < 1.29 is 9.15 Å². The van der Waals surface area contributed by atoms with E-state index in [4.69, 9.17) is 9.15 Å². The first-order valence-corrected chi connectivity index (χ1v) is 15.4. The summed E-state index contributed by atoms with van der Waals surface area (Å²) in [5.41, 5.74) is 9.04. The first-order valence-electron chi connectivity index (χ1n) is 15.4. The molecular weight excluding hydrogens is 564 g/mol. The van der Waals surface area contributed by atoms with Crippen molar-refractivity contribution in [2.24, 2.45) is 0 Å². The molecule has 1 unspecified atom stereocenters. The topological polar surface area (TPSA) is 47.3 Å². The Labute approximate surface area is 266 Å². The molecule has 0 fully saturated rings. The first kappa shape index (κ1) is 26.3. The summed E-state index contributed by atoms with van der Waals surface area (Å²) in [5, 5.41) is 10.5. The number of ether oxygens (including phenoxy) is 1. The van der Waals surface area contributed by atoms with Gasteiger partial charge in [-0.25, -0.2) is 4.98 Å². The zero-order valence-electron chi connectivity index (χ0n) is 24.9. The predicted octanol–water partition coefficient (Wildman–Crippen LogP) is 10.9. The number of benzene rings is 7. The van der Waals surface area contributed by atoms with Crippen LogP contribution in [0.5, 0.6) is 0 Å². The average molecular weight is 593 g/mol. The highest BCUT2D eigenvalue weighted by atomic mass is 16.5. The molecule has 0 spiro atoms. The molecule has 1 aliphatic heterocycles. The standard InChI is InChI=1S/C42H28N2O2/c1-2-8-28-23-29(16-15-27(28)7-1)30-17-18-37-38(26-30)40(32-10-6-12-34(25-32)42-44-20-22-46-42)36-14-4-3-13-35(36)39(37)31-9-5-11-33(24-31)41-43-19-21-45-41/h1-26,42,44H. The largest absolute Gasteiger partial charge is 0.473 e. The second-order valence-corrected chi connectivity index (χ2v) is 11.6. The highest BCUT2D eigenvalue weighted by Crippen LogP contribution is 2.45. The highest BCUT2D eigenvalue weighted by molar-refractivity contribution is 6.22. The summed E-state index contributed by atoms with van der Waals surface area (Å²) in [7, 11) is 0. The van der Waals surface area contributed by atoms with Gasteiger partial charge in [0.15, 0.2) is 6.23 Å². The molecule has 1 aliphatic rings. The van der Waals surface area contributed by atoms with Gasteiger partial charge in [-0.05, 0) is 96.0 Å². The molecule has 1 aromatic heterocycles. The van der Waals surface area contributed by atoms with Crippen LogP contribution in [-0.2, 0) is 4.74 Å². The molecular formula is C42H28N2O2. The summed E-state index contributed by atoms with van der Waals surface area (Å²) in [4.78, 5) is 4.42. The van der Waals surface area contributed by atoms with Crippen molar-refractivity contribution in [2.75, 3.05) is 0 Å². The molecule has 8 aromatic rings. The fraction of sp³-hybridized carbons (Fsp3) is 0.0238. The second kappa shape index (κ2) is 10.8. The third kappa shape index (κ3) is 4.42. The van der Waals surface area contributed by atoms with Gasteiger partial charge in [0.1, 0.15) is 12.5 Å². The van der Waals surface area contributed by atoms with E-state index in [0.29, 0.717) is 5.89 Å². The maximum absolute atomic E-state index is 5.83. The van der Waals surface area contributed by atoms with Gasteiger partial charge in [0.25, 0.3) is 0 Å². The van der Waals surface area contributed by atoms with Gasteiger partial charge in [0.2, 0.25) is 5.89 Å². The van der Waals surface area contributed by atoms with Crippen LogP contribution >= 0.6 is 0 Å². The molecule has 7 aromatic carbocycles. The molecule has 0 aliphatic carbocycles. The van der Waals surface area contributed by atoms with E-state index >= 15 is 0 Å². The van der Waals surface area contributed by atoms with Gasteiger partial charge in [-0.15, -0.1) is 0 Å². The van der Waals surface area contributed by atoms with Gasteiger partial charge < -0.3 is 14.5 Å². The fourth-order valence-electron chi connectivity index (χ4n) is 6.84. The molecule has 0 bridgehead atoms. The molecule has 4 heteroatoms. The van der Waals surface area contributed by atoms with Crippen LogP contribution in [0.3, 0.4) is 0 Å². The van der Waals surface area contributed by atoms with Gasteiger partial charge in [0, 0.05) is 17.3 Å². The lowest BCUT2D eigenvalue weighted by atomic mass is 9.84. The summed E-state index contributed by atoms with van der Waals surface area (Å²) < 4.78 is 11.5. The molecule has 0 saturated heterocycles. The Hall–Kier alpha value is -6.13. The van der Waals surface area contributed by atoms with Crippen LogP contribution in [0, 0.1) is 0 Å². The zero-order valence-corrected chi connectivity index (χ0v) is 24.9. The van der Waals surface area contributed by atoms with Crippen LogP contribution in [0.2, 0.25) is 0 Å². The Balaban J connectivity index is 1.34. The quantitative estimate of drug-likeness (QED) is 0.202. The van der Waals surface area contributed by atoms with Crippen LogP contribution in [0.25, 0.3) is 77.2 Å². The SMILES string of the molecule is C1=COC(c2cccc(-c3c4ccccc4c(-c4cccc(-c5ncco5)c4)c4ccc(-c5ccc6ccccc6c5)cc34)c2)N1. The maximum Gasteiger partial charge on any atom is 0.225 e. The molecule has 2 heterocycles. The van der Waals surface area contributed by atoms with Crippen molar-refractivity contribution in [3.63, 3.8) is 0 Å². The smallest absolute Gasteiger partial charge is 0.225 e. The first-order chi connectivity index (χ1) is 22.8. The minimum atomic E-state index is -0.206. The Bertz CT molecular complexity index is 2430. The molecule has 218 valence electrons. The predicted molar refractivity (Wildman–Crippen MR) is 187 cm³/mol. The van der Waals surface area contributed by atoms with E-state index in [-0.39, 0.29) is 6.23 Å². The maximum atomic E-state index is 5.83. The van der Waals surface area contributed by atoms with Gasteiger partial charge >= 0.3 is 0 Å². The summed E-state index contributed by atoms with van der Waals surface area (Å²) in [6, 6.07) is 48.1. The average Bonchev–Trinajstić information content (AvgIpc) is 3.86. The van der Waals surface area contributed by atoms with Crippen molar-refractivity contribution in [1.82, 2.24) is 10.3 Å². The zero-order chi connectivity index (χ0) is 30.5. The number of fused-ring (bicyclic) bond motifs is 3. The molecule has 0 amide bonds. The Morgan fingerprint density at radius 3 is 2.02 bits per heavy atom. The van der Waals surface area contributed by atoms with E-state index < -0.39 is 0 Å². The lowest BCUT2D eigenvalue weighted by Crippen LogP contribution is -2.11. The molecule has 0 radical (unpaired) electrons.